The van der Waals surface area contributed by atoms with E-state index in [4.69, 9.17) is 9.16 Å². The van der Waals surface area contributed by atoms with Crippen molar-refractivity contribution in [3.8, 4) is 5.69 Å². The summed E-state index contributed by atoms with van der Waals surface area (Å²) in [5.41, 5.74) is 2.17. The highest BCUT2D eigenvalue weighted by Gasteiger charge is 2.34. The minimum absolute atomic E-state index is 0.152. The Morgan fingerprint density at radius 3 is 2.68 bits per heavy atom. The molecule has 11 heteroatoms. The number of hydrogen-bond acceptors (Lipinski definition) is 6. The molecule has 2 atom stereocenters. The van der Waals surface area contributed by atoms with Crippen LogP contribution in [0.5, 0.6) is 0 Å². The number of cyclic esters (lactones) is 1. The van der Waals surface area contributed by atoms with Gasteiger partial charge in [0.1, 0.15) is 11.9 Å². The standard InChI is InChI=1S/C23H30FN6O3Si/c1-15-10-29(27-26-15)11-17-12-30(22(31)32-17)16-7-8-20(18(24)9-16)28-13-19(25-14-28)21(23(2,3)4)33-34(5)6/h7-10,13-14,17,21H,11-12H2,1-6H3/t17-,21?/m0/s1. The van der Waals surface area contributed by atoms with Crippen LogP contribution in [0.1, 0.15) is 38.3 Å². The van der Waals surface area contributed by atoms with Crippen molar-refractivity contribution in [2.45, 2.75) is 59.5 Å². The van der Waals surface area contributed by atoms with Crippen molar-refractivity contribution >= 4 is 20.8 Å². The van der Waals surface area contributed by atoms with Crippen molar-refractivity contribution in [1.82, 2.24) is 24.5 Å². The van der Waals surface area contributed by atoms with Crippen molar-refractivity contribution in [2.24, 2.45) is 5.41 Å². The molecule has 1 fully saturated rings. The lowest BCUT2D eigenvalue weighted by molar-refractivity contribution is 0.0830. The fourth-order valence-electron chi connectivity index (χ4n) is 3.92. The van der Waals surface area contributed by atoms with E-state index in [1.165, 1.54) is 11.0 Å². The van der Waals surface area contributed by atoms with Gasteiger partial charge in [-0.15, -0.1) is 5.10 Å². The zero-order chi connectivity index (χ0) is 24.6. The average Bonchev–Trinajstić information content (AvgIpc) is 3.46. The van der Waals surface area contributed by atoms with Gasteiger partial charge in [-0.25, -0.2) is 18.9 Å². The van der Waals surface area contributed by atoms with Crippen molar-refractivity contribution < 1.29 is 18.3 Å². The van der Waals surface area contributed by atoms with E-state index in [-0.39, 0.29) is 11.5 Å². The Labute approximate surface area is 200 Å². The lowest BCUT2D eigenvalue weighted by atomic mass is 9.87. The zero-order valence-corrected chi connectivity index (χ0v) is 21.3. The van der Waals surface area contributed by atoms with Crippen LogP contribution in [0.15, 0.2) is 36.9 Å². The van der Waals surface area contributed by atoms with Gasteiger partial charge in [-0.05, 0) is 43.6 Å². The van der Waals surface area contributed by atoms with Gasteiger partial charge in [-0.1, -0.05) is 26.0 Å². The lowest BCUT2D eigenvalue weighted by Crippen LogP contribution is -2.26. The van der Waals surface area contributed by atoms with Crippen LogP contribution >= 0.6 is 0 Å². The predicted molar refractivity (Wildman–Crippen MR) is 127 cm³/mol. The van der Waals surface area contributed by atoms with E-state index in [0.29, 0.717) is 24.5 Å². The molecule has 3 heterocycles. The maximum Gasteiger partial charge on any atom is 0.414 e. The van der Waals surface area contributed by atoms with E-state index >= 15 is 4.39 Å². The third-order valence-electron chi connectivity index (χ3n) is 5.45. The number of ether oxygens (including phenoxy) is 1. The molecule has 2 aromatic heterocycles. The van der Waals surface area contributed by atoms with E-state index in [2.05, 4.69) is 49.2 Å². The highest BCUT2D eigenvalue weighted by Crippen LogP contribution is 2.36. The number of amides is 1. The Morgan fingerprint density at radius 2 is 2.06 bits per heavy atom. The number of aryl methyl sites for hydroxylation is 1. The topological polar surface area (TPSA) is 87.3 Å². The van der Waals surface area contributed by atoms with Crippen LogP contribution in [0.4, 0.5) is 14.9 Å². The SMILES string of the molecule is Cc1cn(C[C@H]2CN(c3ccc(-n4cnc(C(O[Si](C)C)C(C)(C)C)c4)c(F)c3)C(=O)O2)nn1. The minimum atomic E-state index is -0.950. The second-order valence-electron chi connectivity index (χ2n) is 9.81. The largest absolute Gasteiger partial charge is 0.442 e. The number of nitrogens with zero attached hydrogens (tertiary/aromatic N) is 6. The fourth-order valence-corrected chi connectivity index (χ4v) is 4.86. The quantitative estimate of drug-likeness (QED) is 0.464. The number of halogens is 1. The Kier molecular flexibility index (Phi) is 6.59. The van der Waals surface area contributed by atoms with Gasteiger partial charge < -0.3 is 13.7 Å². The monoisotopic (exact) mass is 485 g/mol. The maximum atomic E-state index is 15.1. The third-order valence-corrected chi connectivity index (χ3v) is 6.16. The third kappa shape index (κ3) is 5.20. The van der Waals surface area contributed by atoms with E-state index < -0.39 is 27.1 Å². The first kappa shape index (κ1) is 24.1. The molecular formula is C23H30FN6O3Si. The van der Waals surface area contributed by atoms with Gasteiger partial charge in [0.25, 0.3) is 0 Å². The van der Waals surface area contributed by atoms with Gasteiger partial charge in [0.2, 0.25) is 9.04 Å². The molecule has 0 N–H and O–H groups in total. The summed E-state index contributed by atoms with van der Waals surface area (Å²) in [5, 5.41) is 7.93. The Morgan fingerprint density at radius 1 is 1.29 bits per heavy atom. The van der Waals surface area contributed by atoms with Gasteiger partial charge in [-0.2, -0.15) is 0 Å². The van der Waals surface area contributed by atoms with Crippen LogP contribution in [0.2, 0.25) is 13.1 Å². The number of benzene rings is 1. The van der Waals surface area contributed by atoms with Crippen molar-refractivity contribution in [3.05, 3.63) is 54.1 Å². The Bertz CT molecular complexity index is 1170. The molecular weight excluding hydrogens is 455 g/mol. The number of hydrogen-bond donors (Lipinski definition) is 0. The molecule has 0 bridgehead atoms. The molecule has 0 saturated carbocycles. The Balaban J connectivity index is 1.51. The number of anilines is 1. The van der Waals surface area contributed by atoms with E-state index in [0.717, 1.165) is 11.4 Å². The highest BCUT2D eigenvalue weighted by molar-refractivity contribution is 6.48. The van der Waals surface area contributed by atoms with Crippen molar-refractivity contribution in [2.75, 3.05) is 11.4 Å². The first-order valence-corrected chi connectivity index (χ1v) is 13.6. The number of carbonyl (C=O) groups excluding carboxylic acids is 1. The van der Waals surface area contributed by atoms with Crippen LogP contribution in [0.3, 0.4) is 0 Å². The van der Waals surface area contributed by atoms with Gasteiger partial charge in [-0.3, -0.25) is 4.90 Å². The summed E-state index contributed by atoms with van der Waals surface area (Å²) in [4.78, 5) is 18.3. The molecule has 4 rings (SSSR count). The van der Waals surface area contributed by atoms with Gasteiger partial charge in [0.15, 0.2) is 0 Å². The molecule has 34 heavy (non-hydrogen) atoms. The second kappa shape index (κ2) is 9.30. The first-order valence-electron chi connectivity index (χ1n) is 11.2. The molecule has 181 valence electrons. The summed E-state index contributed by atoms with van der Waals surface area (Å²) < 4.78 is 30.1. The van der Waals surface area contributed by atoms with E-state index in [1.807, 2.05) is 6.92 Å². The predicted octanol–water partition coefficient (Wildman–Crippen LogP) is 4.29. The van der Waals surface area contributed by atoms with Crippen LogP contribution < -0.4 is 4.90 Å². The molecule has 1 aliphatic rings. The van der Waals surface area contributed by atoms with Crippen molar-refractivity contribution in [3.63, 3.8) is 0 Å². The summed E-state index contributed by atoms with van der Waals surface area (Å²) in [6, 6.07) is 4.69. The normalized spacial score (nSPS) is 17.5. The minimum Gasteiger partial charge on any atom is -0.442 e. The lowest BCUT2D eigenvalue weighted by Gasteiger charge is -2.31. The summed E-state index contributed by atoms with van der Waals surface area (Å²) in [7, 11) is -0.950. The second-order valence-corrected chi connectivity index (χ2v) is 11.9. The smallest absolute Gasteiger partial charge is 0.414 e. The maximum absolute atomic E-state index is 15.1. The molecule has 0 spiro atoms. The van der Waals surface area contributed by atoms with Crippen LogP contribution in [0.25, 0.3) is 5.69 Å². The van der Waals surface area contributed by atoms with Gasteiger partial charge in [0.05, 0.1) is 48.3 Å². The number of rotatable bonds is 7. The molecule has 1 unspecified atom stereocenters. The molecule has 1 saturated heterocycles. The van der Waals surface area contributed by atoms with E-state index in [9.17, 15) is 4.79 Å². The number of imidazole rings is 1. The zero-order valence-electron chi connectivity index (χ0n) is 20.3. The summed E-state index contributed by atoms with van der Waals surface area (Å²) in [5.74, 6) is -0.464. The first-order chi connectivity index (χ1) is 16.0. The van der Waals surface area contributed by atoms with Gasteiger partial charge >= 0.3 is 6.09 Å². The summed E-state index contributed by atoms with van der Waals surface area (Å²) in [6.07, 6.45) is 4.07. The number of aromatic nitrogens is 5. The summed E-state index contributed by atoms with van der Waals surface area (Å²) in [6.45, 7) is 13.0. The average molecular weight is 486 g/mol. The molecule has 1 aliphatic heterocycles. The van der Waals surface area contributed by atoms with Crippen LogP contribution in [-0.4, -0.2) is 52.3 Å². The molecule has 1 amide bonds. The molecule has 3 aromatic rings. The number of carbonyl (C=O) groups is 1. The molecule has 9 nitrogen and oxygen atoms in total. The van der Waals surface area contributed by atoms with E-state index in [1.54, 1.807) is 40.1 Å². The Hall–Kier alpha value is -3.05. The fraction of sp³-hybridized carbons (Fsp3) is 0.478. The highest BCUT2D eigenvalue weighted by atomic mass is 28.3. The van der Waals surface area contributed by atoms with Gasteiger partial charge in [0, 0.05) is 12.4 Å². The molecule has 1 aromatic carbocycles. The summed E-state index contributed by atoms with van der Waals surface area (Å²) >= 11 is 0. The molecule has 0 aliphatic carbocycles. The van der Waals surface area contributed by atoms with Crippen molar-refractivity contribution in [1.29, 1.82) is 0 Å². The van der Waals surface area contributed by atoms with Crippen LogP contribution in [0, 0.1) is 18.2 Å². The molecule has 1 radical (unpaired) electrons. The van der Waals surface area contributed by atoms with Crippen LogP contribution in [-0.2, 0) is 15.7 Å².